The van der Waals surface area contributed by atoms with Crippen molar-refractivity contribution in [2.24, 2.45) is 11.8 Å². The van der Waals surface area contributed by atoms with Crippen LogP contribution in [0.1, 0.15) is 44.1 Å². The smallest absolute Gasteiger partial charge is 0.160 e. The highest BCUT2D eigenvalue weighted by molar-refractivity contribution is 5.20. The van der Waals surface area contributed by atoms with Crippen molar-refractivity contribution in [1.29, 1.82) is 0 Å². The van der Waals surface area contributed by atoms with Gasteiger partial charge in [-0.15, -0.1) is 0 Å². The molecule has 1 aromatic rings. The Kier molecular flexibility index (Phi) is 5.27. The summed E-state index contributed by atoms with van der Waals surface area (Å²) in [4.78, 5) is 0. The van der Waals surface area contributed by atoms with Crippen LogP contribution < -0.4 is 0 Å². The van der Waals surface area contributed by atoms with Crippen LogP contribution >= 0.6 is 0 Å². The number of allylic oxidation sites excluding steroid dienone is 1. The first-order valence-electron chi connectivity index (χ1n) is 8.37. The van der Waals surface area contributed by atoms with Crippen LogP contribution in [0.4, 0.5) is 4.39 Å². The summed E-state index contributed by atoms with van der Waals surface area (Å²) in [7, 11) is 0. The quantitative estimate of drug-likeness (QED) is 0.756. The van der Waals surface area contributed by atoms with Gasteiger partial charge in [0.05, 0.1) is 13.2 Å². The summed E-state index contributed by atoms with van der Waals surface area (Å²) in [5.74, 6) is 1.30. The molecule has 1 heterocycles. The van der Waals surface area contributed by atoms with Crippen LogP contribution in [0, 0.1) is 17.7 Å². The van der Waals surface area contributed by atoms with E-state index in [4.69, 9.17) is 9.47 Å². The summed E-state index contributed by atoms with van der Waals surface area (Å²) < 4.78 is 24.8. The van der Waals surface area contributed by atoms with E-state index in [0.29, 0.717) is 17.8 Å². The summed E-state index contributed by atoms with van der Waals surface area (Å²) in [6.45, 7) is 3.57. The molecule has 1 aromatic carbocycles. The van der Waals surface area contributed by atoms with E-state index < -0.39 is 0 Å². The van der Waals surface area contributed by atoms with Crippen LogP contribution in [-0.2, 0) is 9.47 Å². The fraction of sp³-hybridized carbons (Fsp3) is 0.579. The van der Waals surface area contributed by atoms with E-state index in [1.165, 1.54) is 5.56 Å². The molecule has 0 unspecified atom stereocenters. The Labute approximate surface area is 132 Å². The molecule has 0 N–H and O–H groups in total. The van der Waals surface area contributed by atoms with Gasteiger partial charge in [0.25, 0.3) is 0 Å². The standard InChI is InChI=1S/C19H25FO2/c1-2-3-14-12-21-19(22-13-14)17-6-4-15(5-7-17)16-8-10-18(20)11-9-16/h2-3,8-11,14-15,17,19H,4-7,12-13H2,1H3/b3-2+/t14-,15?,17?,19-. The number of rotatable bonds is 3. The Morgan fingerprint density at radius 2 is 1.64 bits per heavy atom. The number of halogens is 1. The van der Waals surface area contributed by atoms with Gasteiger partial charge in [-0.1, -0.05) is 24.3 Å². The normalized spacial score (nSPS) is 33.2. The molecular formula is C19H25FO2. The minimum atomic E-state index is -0.155. The van der Waals surface area contributed by atoms with Crippen LogP contribution in [0.2, 0.25) is 0 Å². The highest BCUT2D eigenvalue weighted by Crippen LogP contribution is 2.38. The van der Waals surface area contributed by atoms with Crippen molar-refractivity contribution in [3.63, 3.8) is 0 Å². The second kappa shape index (κ2) is 7.38. The van der Waals surface area contributed by atoms with Gasteiger partial charge in [-0.25, -0.2) is 4.39 Å². The zero-order chi connectivity index (χ0) is 15.4. The monoisotopic (exact) mass is 304 g/mol. The Bertz CT molecular complexity index is 481. The topological polar surface area (TPSA) is 18.5 Å². The second-order valence-corrected chi connectivity index (χ2v) is 6.48. The number of hydrogen-bond acceptors (Lipinski definition) is 2. The van der Waals surface area contributed by atoms with Crippen LogP contribution in [-0.4, -0.2) is 19.5 Å². The minimum Gasteiger partial charge on any atom is -0.352 e. The second-order valence-electron chi connectivity index (χ2n) is 6.48. The Hall–Kier alpha value is -1.19. The van der Waals surface area contributed by atoms with E-state index in [1.807, 2.05) is 19.1 Å². The lowest BCUT2D eigenvalue weighted by molar-refractivity contribution is -0.222. The lowest BCUT2D eigenvalue weighted by Crippen LogP contribution is -2.37. The lowest BCUT2D eigenvalue weighted by Gasteiger charge is -2.37. The van der Waals surface area contributed by atoms with Gasteiger partial charge in [-0.3, -0.25) is 0 Å². The molecule has 2 nitrogen and oxygen atoms in total. The summed E-state index contributed by atoms with van der Waals surface area (Å²) in [5, 5.41) is 0. The van der Waals surface area contributed by atoms with Crippen molar-refractivity contribution >= 4 is 0 Å². The molecule has 3 rings (SSSR count). The molecule has 0 atom stereocenters. The van der Waals surface area contributed by atoms with Gasteiger partial charge in [0.1, 0.15) is 5.82 Å². The molecule has 2 aliphatic rings. The zero-order valence-electron chi connectivity index (χ0n) is 13.2. The van der Waals surface area contributed by atoms with E-state index in [9.17, 15) is 4.39 Å². The zero-order valence-corrected chi connectivity index (χ0v) is 13.2. The first kappa shape index (κ1) is 15.7. The average Bonchev–Trinajstić information content (AvgIpc) is 2.57. The Balaban J connectivity index is 1.49. The third-order valence-corrected chi connectivity index (χ3v) is 4.91. The maximum Gasteiger partial charge on any atom is 0.160 e. The Morgan fingerprint density at radius 3 is 2.23 bits per heavy atom. The first-order valence-corrected chi connectivity index (χ1v) is 8.37. The third-order valence-electron chi connectivity index (χ3n) is 4.91. The molecule has 0 bridgehead atoms. The number of hydrogen-bond donors (Lipinski definition) is 0. The lowest BCUT2D eigenvalue weighted by atomic mass is 9.78. The van der Waals surface area contributed by atoms with E-state index in [1.54, 1.807) is 12.1 Å². The molecule has 1 aliphatic carbocycles. The van der Waals surface area contributed by atoms with Crippen molar-refractivity contribution in [2.45, 2.75) is 44.8 Å². The van der Waals surface area contributed by atoms with Crippen molar-refractivity contribution in [3.05, 3.63) is 47.8 Å². The van der Waals surface area contributed by atoms with Gasteiger partial charge < -0.3 is 9.47 Å². The first-order chi connectivity index (χ1) is 10.8. The molecule has 0 amide bonds. The van der Waals surface area contributed by atoms with E-state index >= 15 is 0 Å². The highest BCUT2D eigenvalue weighted by Gasteiger charge is 2.32. The van der Waals surface area contributed by atoms with Gasteiger partial charge in [-0.2, -0.15) is 0 Å². The Morgan fingerprint density at radius 1 is 1.00 bits per heavy atom. The van der Waals surface area contributed by atoms with E-state index in [2.05, 4.69) is 12.2 Å². The number of benzene rings is 1. The molecule has 0 spiro atoms. The van der Waals surface area contributed by atoms with Crippen LogP contribution in [0.3, 0.4) is 0 Å². The molecule has 22 heavy (non-hydrogen) atoms. The fourth-order valence-corrected chi connectivity index (χ4v) is 3.65. The SMILES string of the molecule is C/C=C/[C@H]1CO[C@H](C2CCC(c3ccc(F)cc3)CC2)OC1. The largest absolute Gasteiger partial charge is 0.352 e. The highest BCUT2D eigenvalue weighted by atomic mass is 19.1. The van der Waals surface area contributed by atoms with E-state index in [-0.39, 0.29) is 12.1 Å². The van der Waals surface area contributed by atoms with Gasteiger partial charge in [0.15, 0.2) is 6.29 Å². The minimum absolute atomic E-state index is 0.0318. The molecule has 1 saturated heterocycles. The van der Waals surface area contributed by atoms with Gasteiger partial charge in [0.2, 0.25) is 0 Å². The average molecular weight is 304 g/mol. The van der Waals surface area contributed by atoms with Crippen molar-refractivity contribution in [2.75, 3.05) is 13.2 Å². The van der Waals surface area contributed by atoms with Gasteiger partial charge in [-0.05, 0) is 56.2 Å². The number of ether oxygens (including phenoxy) is 2. The predicted molar refractivity (Wildman–Crippen MR) is 85.1 cm³/mol. The van der Waals surface area contributed by atoms with Gasteiger partial charge in [0, 0.05) is 11.8 Å². The van der Waals surface area contributed by atoms with Gasteiger partial charge >= 0.3 is 0 Å². The van der Waals surface area contributed by atoms with Crippen molar-refractivity contribution in [3.8, 4) is 0 Å². The third kappa shape index (κ3) is 3.76. The maximum absolute atomic E-state index is 13.0. The van der Waals surface area contributed by atoms with Crippen LogP contribution in [0.25, 0.3) is 0 Å². The van der Waals surface area contributed by atoms with E-state index in [0.717, 1.165) is 38.9 Å². The molecule has 0 radical (unpaired) electrons. The molecule has 0 aromatic heterocycles. The summed E-state index contributed by atoms with van der Waals surface area (Å²) >= 11 is 0. The van der Waals surface area contributed by atoms with Crippen LogP contribution in [0.15, 0.2) is 36.4 Å². The molecular weight excluding hydrogens is 279 g/mol. The van der Waals surface area contributed by atoms with Crippen molar-refractivity contribution in [1.82, 2.24) is 0 Å². The molecule has 1 saturated carbocycles. The maximum atomic E-state index is 13.0. The summed E-state index contributed by atoms with van der Waals surface area (Å²) in [6, 6.07) is 6.98. The molecule has 1 aliphatic heterocycles. The molecule has 120 valence electrons. The van der Waals surface area contributed by atoms with Crippen molar-refractivity contribution < 1.29 is 13.9 Å². The fourth-order valence-electron chi connectivity index (χ4n) is 3.65. The molecule has 2 fully saturated rings. The summed E-state index contributed by atoms with van der Waals surface area (Å²) in [5.41, 5.74) is 1.26. The predicted octanol–water partition coefficient (Wildman–Crippen LogP) is 4.66. The summed E-state index contributed by atoms with van der Waals surface area (Å²) in [6.07, 6.45) is 8.71. The molecule has 3 heteroatoms. The van der Waals surface area contributed by atoms with Crippen LogP contribution in [0.5, 0.6) is 0 Å².